The Hall–Kier alpha value is -2.83. The SMILES string of the molecule is Cc1cccc(Cn2c(N3CCCC3)nc3c2c(=O)[nH]c(=O)n3C)c1. The highest BCUT2D eigenvalue weighted by Gasteiger charge is 2.23. The Labute approximate surface area is 144 Å². The lowest BCUT2D eigenvalue weighted by molar-refractivity contribution is 0.771. The Kier molecular flexibility index (Phi) is 3.71. The number of H-pyrrole nitrogens is 1. The summed E-state index contributed by atoms with van der Waals surface area (Å²) >= 11 is 0. The van der Waals surface area contributed by atoms with Gasteiger partial charge in [0.25, 0.3) is 5.56 Å². The smallest absolute Gasteiger partial charge is 0.329 e. The molecule has 0 radical (unpaired) electrons. The fourth-order valence-electron chi connectivity index (χ4n) is 3.52. The number of rotatable bonds is 3. The third-order valence-corrected chi connectivity index (χ3v) is 4.80. The van der Waals surface area contributed by atoms with Crippen LogP contribution in [0.3, 0.4) is 0 Å². The van der Waals surface area contributed by atoms with Crippen LogP contribution < -0.4 is 16.1 Å². The number of anilines is 1. The van der Waals surface area contributed by atoms with Gasteiger partial charge in [0.2, 0.25) is 5.95 Å². The van der Waals surface area contributed by atoms with Crippen molar-refractivity contribution in [2.45, 2.75) is 26.3 Å². The van der Waals surface area contributed by atoms with E-state index in [0.29, 0.717) is 17.7 Å². The van der Waals surface area contributed by atoms with Crippen molar-refractivity contribution in [1.82, 2.24) is 19.1 Å². The van der Waals surface area contributed by atoms with Gasteiger partial charge < -0.3 is 4.90 Å². The molecule has 0 unspecified atom stereocenters. The van der Waals surface area contributed by atoms with Gasteiger partial charge in [0, 0.05) is 20.1 Å². The maximum atomic E-state index is 12.5. The molecule has 1 aliphatic heterocycles. The maximum absolute atomic E-state index is 12.5. The lowest BCUT2D eigenvalue weighted by Crippen LogP contribution is -2.29. The van der Waals surface area contributed by atoms with Crippen LogP contribution in [0.4, 0.5) is 5.95 Å². The molecule has 7 heteroatoms. The summed E-state index contributed by atoms with van der Waals surface area (Å²) in [5.41, 5.74) is 2.34. The summed E-state index contributed by atoms with van der Waals surface area (Å²) in [6.07, 6.45) is 2.23. The molecule has 0 saturated carbocycles. The number of nitrogens with one attached hydrogen (secondary N) is 1. The molecule has 7 nitrogen and oxygen atoms in total. The van der Waals surface area contributed by atoms with Gasteiger partial charge in [0.05, 0.1) is 6.54 Å². The molecule has 1 saturated heterocycles. The first-order valence-electron chi connectivity index (χ1n) is 8.54. The largest absolute Gasteiger partial charge is 0.342 e. The molecule has 0 amide bonds. The first kappa shape index (κ1) is 15.7. The molecule has 3 aromatic rings. The minimum Gasteiger partial charge on any atom is -0.342 e. The average molecular weight is 339 g/mol. The van der Waals surface area contributed by atoms with Crippen molar-refractivity contribution in [1.29, 1.82) is 0 Å². The minimum absolute atomic E-state index is 0.385. The molecule has 3 heterocycles. The van der Waals surface area contributed by atoms with E-state index in [1.807, 2.05) is 29.7 Å². The van der Waals surface area contributed by atoms with E-state index < -0.39 is 5.69 Å². The van der Waals surface area contributed by atoms with E-state index in [1.165, 1.54) is 10.1 Å². The highest BCUT2D eigenvalue weighted by atomic mass is 16.2. The van der Waals surface area contributed by atoms with Crippen LogP contribution in [-0.4, -0.2) is 32.2 Å². The molecule has 4 rings (SSSR count). The molecule has 130 valence electrons. The molecule has 0 aliphatic carbocycles. The van der Waals surface area contributed by atoms with Crippen LogP contribution in [0.2, 0.25) is 0 Å². The summed E-state index contributed by atoms with van der Waals surface area (Å²) in [6.45, 7) is 4.44. The zero-order chi connectivity index (χ0) is 17.6. The van der Waals surface area contributed by atoms with Gasteiger partial charge in [-0.15, -0.1) is 0 Å². The molecule has 1 aromatic carbocycles. The van der Waals surface area contributed by atoms with Crippen molar-refractivity contribution < 1.29 is 0 Å². The maximum Gasteiger partial charge on any atom is 0.329 e. The normalized spacial score (nSPS) is 14.6. The molecule has 0 bridgehead atoms. The van der Waals surface area contributed by atoms with Crippen molar-refractivity contribution in [2.75, 3.05) is 18.0 Å². The monoisotopic (exact) mass is 339 g/mol. The van der Waals surface area contributed by atoms with Gasteiger partial charge >= 0.3 is 5.69 Å². The van der Waals surface area contributed by atoms with Gasteiger partial charge in [0.15, 0.2) is 11.2 Å². The van der Waals surface area contributed by atoms with Crippen molar-refractivity contribution in [3.63, 3.8) is 0 Å². The molecule has 1 fully saturated rings. The standard InChI is InChI=1S/C18H21N5O2/c1-12-6-5-7-13(10-12)11-23-14-15(21(2)18(25)20-16(14)24)19-17(23)22-8-3-4-9-22/h5-7,10H,3-4,8-9,11H2,1-2H3,(H,20,24,25). The zero-order valence-corrected chi connectivity index (χ0v) is 14.5. The van der Waals surface area contributed by atoms with Crippen molar-refractivity contribution >= 4 is 17.1 Å². The Morgan fingerprint density at radius 3 is 2.68 bits per heavy atom. The molecule has 0 spiro atoms. The van der Waals surface area contributed by atoms with Crippen LogP contribution in [0.25, 0.3) is 11.2 Å². The second kappa shape index (κ2) is 5.91. The van der Waals surface area contributed by atoms with E-state index in [-0.39, 0.29) is 5.56 Å². The van der Waals surface area contributed by atoms with E-state index in [2.05, 4.69) is 20.9 Å². The van der Waals surface area contributed by atoms with Gasteiger partial charge in [-0.3, -0.25) is 18.9 Å². The predicted molar refractivity (Wildman–Crippen MR) is 97.3 cm³/mol. The molecule has 1 aliphatic rings. The van der Waals surface area contributed by atoms with Crippen molar-refractivity contribution in [3.8, 4) is 0 Å². The van der Waals surface area contributed by atoms with Gasteiger partial charge in [-0.2, -0.15) is 4.98 Å². The van der Waals surface area contributed by atoms with Crippen LogP contribution in [0.15, 0.2) is 33.9 Å². The Morgan fingerprint density at radius 2 is 1.96 bits per heavy atom. The number of aromatic nitrogens is 4. The van der Waals surface area contributed by atoms with Gasteiger partial charge in [-0.05, 0) is 25.3 Å². The highest BCUT2D eigenvalue weighted by Crippen LogP contribution is 2.24. The summed E-state index contributed by atoms with van der Waals surface area (Å²) in [6, 6.07) is 8.21. The van der Waals surface area contributed by atoms with Crippen LogP contribution >= 0.6 is 0 Å². The molecule has 2 aromatic heterocycles. The third-order valence-electron chi connectivity index (χ3n) is 4.80. The molecule has 0 atom stereocenters. The number of imidazole rings is 1. The highest BCUT2D eigenvalue weighted by molar-refractivity contribution is 5.74. The quantitative estimate of drug-likeness (QED) is 0.782. The second-order valence-corrected chi connectivity index (χ2v) is 6.67. The lowest BCUT2D eigenvalue weighted by Gasteiger charge is -2.18. The number of hydrogen-bond donors (Lipinski definition) is 1. The number of fused-ring (bicyclic) bond motifs is 1. The van der Waals surface area contributed by atoms with Crippen molar-refractivity contribution in [2.24, 2.45) is 7.05 Å². The number of aryl methyl sites for hydroxylation is 2. The number of benzene rings is 1. The molecular formula is C18H21N5O2. The minimum atomic E-state index is -0.439. The number of nitrogens with zero attached hydrogens (tertiary/aromatic N) is 4. The van der Waals surface area contributed by atoms with Gasteiger partial charge in [-0.25, -0.2) is 4.79 Å². The molecule has 25 heavy (non-hydrogen) atoms. The zero-order valence-electron chi connectivity index (χ0n) is 14.5. The van der Waals surface area contributed by atoms with E-state index in [1.54, 1.807) is 7.05 Å². The topological polar surface area (TPSA) is 75.9 Å². The van der Waals surface area contributed by atoms with E-state index in [0.717, 1.165) is 37.4 Å². The fourth-order valence-corrected chi connectivity index (χ4v) is 3.52. The number of aromatic amines is 1. The summed E-state index contributed by atoms with van der Waals surface area (Å²) < 4.78 is 3.34. The third kappa shape index (κ3) is 2.65. The second-order valence-electron chi connectivity index (χ2n) is 6.67. The van der Waals surface area contributed by atoms with E-state index in [9.17, 15) is 9.59 Å². The summed E-state index contributed by atoms with van der Waals surface area (Å²) in [4.78, 5) is 33.7. The summed E-state index contributed by atoms with van der Waals surface area (Å²) in [5, 5.41) is 0. The number of hydrogen-bond acceptors (Lipinski definition) is 4. The lowest BCUT2D eigenvalue weighted by atomic mass is 10.1. The first-order valence-corrected chi connectivity index (χ1v) is 8.54. The summed E-state index contributed by atoms with van der Waals surface area (Å²) in [5.74, 6) is 0.765. The van der Waals surface area contributed by atoms with Crippen molar-refractivity contribution in [3.05, 3.63) is 56.2 Å². The first-order chi connectivity index (χ1) is 12.0. The summed E-state index contributed by atoms with van der Waals surface area (Å²) in [7, 11) is 1.64. The van der Waals surface area contributed by atoms with Crippen LogP contribution in [0.1, 0.15) is 24.0 Å². The Balaban J connectivity index is 1.96. The molecule has 1 N–H and O–H groups in total. The van der Waals surface area contributed by atoms with Gasteiger partial charge in [-0.1, -0.05) is 29.8 Å². The van der Waals surface area contributed by atoms with E-state index in [4.69, 9.17) is 0 Å². The van der Waals surface area contributed by atoms with Crippen LogP contribution in [-0.2, 0) is 13.6 Å². The predicted octanol–water partition coefficient (Wildman–Crippen LogP) is 1.38. The fraction of sp³-hybridized carbons (Fsp3) is 0.389. The Morgan fingerprint density at radius 1 is 1.20 bits per heavy atom. The molecular weight excluding hydrogens is 318 g/mol. The van der Waals surface area contributed by atoms with Crippen LogP contribution in [0.5, 0.6) is 0 Å². The van der Waals surface area contributed by atoms with Crippen LogP contribution in [0, 0.1) is 6.92 Å². The van der Waals surface area contributed by atoms with E-state index >= 15 is 0 Å². The Bertz CT molecular complexity index is 1050. The average Bonchev–Trinajstić information content (AvgIpc) is 3.20. The van der Waals surface area contributed by atoms with Gasteiger partial charge in [0.1, 0.15) is 0 Å².